The highest BCUT2D eigenvalue weighted by molar-refractivity contribution is 6.26. The lowest BCUT2D eigenvalue weighted by Crippen LogP contribution is -2.18. The lowest BCUT2D eigenvalue weighted by atomic mass is 9.82. The fourth-order valence-electron chi connectivity index (χ4n) is 11.6. The molecule has 13 rings (SSSR count). The number of rotatable bonds is 4. The molecule has 0 unspecified atom stereocenters. The van der Waals surface area contributed by atoms with Crippen LogP contribution < -0.4 is 4.90 Å². The Balaban J connectivity index is 1.05. The number of hydrogen-bond acceptors (Lipinski definition) is 1. The van der Waals surface area contributed by atoms with E-state index in [-0.39, 0.29) is 10.8 Å². The van der Waals surface area contributed by atoms with Gasteiger partial charge in [0.1, 0.15) is 0 Å². The van der Waals surface area contributed by atoms with E-state index < -0.39 is 0 Å². The summed E-state index contributed by atoms with van der Waals surface area (Å²) in [6.45, 7) is 9.57. The summed E-state index contributed by atoms with van der Waals surface area (Å²) in [5, 5.41) is 10.2. The van der Waals surface area contributed by atoms with E-state index in [2.05, 4.69) is 231 Å². The lowest BCUT2D eigenvalue weighted by molar-refractivity contribution is 0.660. The van der Waals surface area contributed by atoms with E-state index in [1.165, 1.54) is 104 Å². The molecule has 0 spiro atoms. The maximum atomic E-state index is 2.51. The van der Waals surface area contributed by atoms with Crippen molar-refractivity contribution in [3.8, 4) is 27.9 Å². The highest BCUT2D eigenvalue weighted by Gasteiger charge is 2.39. The molecule has 0 N–H and O–H groups in total. The van der Waals surface area contributed by atoms with Crippen molar-refractivity contribution >= 4 is 71.2 Å². The molecule has 0 atom stereocenters. The van der Waals surface area contributed by atoms with E-state index in [1.54, 1.807) is 0 Å². The van der Waals surface area contributed by atoms with Gasteiger partial charge in [0.15, 0.2) is 0 Å². The standard InChI is InChI=1S/C60H44N2/c1-59(2)51-23-12-9-20-45(51)46-32-29-38(35-53(46)59)61(37-28-31-44-42-18-6-5-16-40(42)41-17-7-8-19-43(41)50(44)34-37)39-30-33-49-54(36-39)60(3,4)52-24-15-27-57(58(49)52)62-55-25-13-10-21-47(55)48-22-11-14-26-56(48)62/h5-36H,1-4H3. The molecule has 10 aromatic carbocycles. The van der Waals surface area contributed by atoms with E-state index in [4.69, 9.17) is 0 Å². The lowest BCUT2D eigenvalue weighted by Gasteiger charge is -2.30. The quantitative estimate of drug-likeness (QED) is 0.161. The second-order valence-corrected chi connectivity index (χ2v) is 18.5. The highest BCUT2D eigenvalue weighted by Crippen LogP contribution is 2.55. The second-order valence-electron chi connectivity index (χ2n) is 18.5. The first-order chi connectivity index (χ1) is 30.3. The fraction of sp³-hybridized carbons (Fsp3) is 0.100. The van der Waals surface area contributed by atoms with Crippen molar-refractivity contribution in [2.75, 3.05) is 4.90 Å². The molecule has 0 bridgehead atoms. The largest absolute Gasteiger partial charge is 0.310 e. The molecule has 0 radical (unpaired) electrons. The maximum absolute atomic E-state index is 2.51. The van der Waals surface area contributed by atoms with Crippen molar-refractivity contribution in [3.63, 3.8) is 0 Å². The van der Waals surface area contributed by atoms with Crippen molar-refractivity contribution in [2.45, 2.75) is 38.5 Å². The van der Waals surface area contributed by atoms with Crippen LogP contribution in [0.15, 0.2) is 194 Å². The number of aromatic nitrogens is 1. The molecule has 0 amide bonds. The minimum Gasteiger partial charge on any atom is -0.310 e. The predicted molar refractivity (Wildman–Crippen MR) is 263 cm³/mol. The monoisotopic (exact) mass is 792 g/mol. The number of hydrogen-bond donors (Lipinski definition) is 0. The molecule has 2 aliphatic rings. The third kappa shape index (κ3) is 4.70. The van der Waals surface area contributed by atoms with Gasteiger partial charge in [0.25, 0.3) is 0 Å². The summed E-state index contributed by atoms with van der Waals surface area (Å²) in [5.41, 5.74) is 17.5. The van der Waals surface area contributed by atoms with Crippen LogP contribution in [0.3, 0.4) is 0 Å². The van der Waals surface area contributed by atoms with Crippen molar-refractivity contribution < 1.29 is 0 Å². The first kappa shape index (κ1) is 35.3. The van der Waals surface area contributed by atoms with Crippen molar-refractivity contribution in [1.82, 2.24) is 4.57 Å². The van der Waals surface area contributed by atoms with Gasteiger partial charge in [-0.2, -0.15) is 0 Å². The Labute approximate surface area is 361 Å². The summed E-state index contributed by atoms with van der Waals surface area (Å²) >= 11 is 0. The van der Waals surface area contributed by atoms with Crippen molar-refractivity contribution in [3.05, 3.63) is 216 Å². The molecular weight excluding hydrogens is 749 g/mol. The zero-order valence-electron chi connectivity index (χ0n) is 35.4. The van der Waals surface area contributed by atoms with Gasteiger partial charge in [-0.15, -0.1) is 0 Å². The van der Waals surface area contributed by atoms with Crippen LogP contribution >= 0.6 is 0 Å². The van der Waals surface area contributed by atoms with Crippen molar-refractivity contribution in [1.29, 1.82) is 0 Å². The molecule has 2 aliphatic carbocycles. The SMILES string of the molecule is CC1(C)c2ccccc2-c2ccc(N(c3ccc4c(c3)C(C)(C)c3cccc(-n5c6ccccc6c6ccccc65)c3-4)c3ccc4c5ccccc5c5ccccc5c4c3)cc21. The summed E-state index contributed by atoms with van der Waals surface area (Å²) in [7, 11) is 0. The van der Waals surface area contributed by atoms with Crippen LogP contribution in [0.1, 0.15) is 49.9 Å². The second kappa shape index (κ2) is 12.6. The number of nitrogens with zero attached hydrogens (tertiary/aromatic N) is 2. The van der Waals surface area contributed by atoms with Crippen LogP contribution in [0.4, 0.5) is 17.1 Å². The van der Waals surface area contributed by atoms with E-state index >= 15 is 0 Å². The zero-order valence-corrected chi connectivity index (χ0v) is 35.4. The Kier molecular flexibility index (Phi) is 7.16. The molecule has 1 heterocycles. The van der Waals surface area contributed by atoms with Crippen LogP contribution in [0.25, 0.3) is 82.1 Å². The van der Waals surface area contributed by atoms with E-state index in [0.717, 1.165) is 17.1 Å². The molecular formula is C60H44N2. The molecule has 0 saturated heterocycles. The average Bonchev–Trinajstić information content (AvgIpc) is 3.86. The number of para-hydroxylation sites is 2. The number of benzene rings is 10. The number of fused-ring (bicyclic) bond motifs is 15. The summed E-state index contributed by atoms with van der Waals surface area (Å²) in [6, 6.07) is 72.8. The molecule has 294 valence electrons. The Morgan fingerprint density at radius 1 is 0.323 bits per heavy atom. The summed E-state index contributed by atoms with van der Waals surface area (Å²) in [6.07, 6.45) is 0. The molecule has 1 aromatic heterocycles. The van der Waals surface area contributed by atoms with Crippen LogP contribution in [0.5, 0.6) is 0 Å². The minimum atomic E-state index is -0.235. The van der Waals surface area contributed by atoms with E-state index in [1.807, 2.05) is 0 Å². The maximum Gasteiger partial charge on any atom is 0.0543 e. The van der Waals surface area contributed by atoms with Crippen LogP contribution in [0, 0.1) is 0 Å². The van der Waals surface area contributed by atoms with Gasteiger partial charge in [0.2, 0.25) is 0 Å². The van der Waals surface area contributed by atoms with Gasteiger partial charge in [0, 0.05) is 44.2 Å². The highest BCUT2D eigenvalue weighted by atomic mass is 15.1. The van der Waals surface area contributed by atoms with E-state index in [0.29, 0.717) is 0 Å². The third-order valence-corrected chi connectivity index (χ3v) is 14.6. The van der Waals surface area contributed by atoms with Crippen molar-refractivity contribution in [2.24, 2.45) is 0 Å². The van der Waals surface area contributed by atoms with Gasteiger partial charge in [-0.05, 0) is 126 Å². The van der Waals surface area contributed by atoms with Gasteiger partial charge in [0.05, 0.1) is 16.7 Å². The smallest absolute Gasteiger partial charge is 0.0543 e. The van der Waals surface area contributed by atoms with Crippen LogP contribution in [-0.2, 0) is 10.8 Å². The predicted octanol–water partition coefficient (Wildman–Crippen LogP) is 16.3. The summed E-state index contributed by atoms with van der Waals surface area (Å²) in [4.78, 5) is 2.51. The van der Waals surface area contributed by atoms with Gasteiger partial charge >= 0.3 is 0 Å². The van der Waals surface area contributed by atoms with Gasteiger partial charge in [-0.3, -0.25) is 0 Å². The van der Waals surface area contributed by atoms with E-state index in [9.17, 15) is 0 Å². The Morgan fingerprint density at radius 3 is 1.40 bits per heavy atom. The average molecular weight is 793 g/mol. The normalized spacial score (nSPS) is 14.4. The molecule has 62 heavy (non-hydrogen) atoms. The minimum absolute atomic E-state index is 0.128. The molecule has 2 nitrogen and oxygen atoms in total. The zero-order chi connectivity index (χ0) is 41.5. The van der Waals surface area contributed by atoms with Gasteiger partial charge in [-0.25, -0.2) is 0 Å². The molecule has 0 saturated carbocycles. The van der Waals surface area contributed by atoms with Crippen LogP contribution in [-0.4, -0.2) is 4.57 Å². The number of anilines is 3. The summed E-state index contributed by atoms with van der Waals surface area (Å²) < 4.78 is 2.49. The molecule has 0 aliphatic heterocycles. The molecule has 0 fully saturated rings. The summed E-state index contributed by atoms with van der Waals surface area (Å²) in [5.74, 6) is 0. The first-order valence-electron chi connectivity index (χ1n) is 21.9. The Morgan fingerprint density at radius 2 is 0.758 bits per heavy atom. The fourth-order valence-corrected chi connectivity index (χ4v) is 11.6. The van der Waals surface area contributed by atoms with Gasteiger partial charge < -0.3 is 9.47 Å². The van der Waals surface area contributed by atoms with Gasteiger partial charge in [-0.1, -0.05) is 167 Å². The Bertz CT molecular complexity index is 3620. The third-order valence-electron chi connectivity index (χ3n) is 14.6. The Hall–Kier alpha value is -7.42. The molecule has 2 heteroatoms. The topological polar surface area (TPSA) is 8.17 Å². The van der Waals surface area contributed by atoms with Crippen LogP contribution in [0.2, 0.25) is 0 Å². The molecule has 11 aromatic rings. The first-order valence-corrected chi connectivity index (χ1v) is 21.9.